The van der Waals surface area contributed by atoms with Crippen LogP contribution in [-0.4, -0.2) is 0 Å². The molecule has 0 saturated heterocycles. The predicted octanol–water partition coefficient (Wildman–Crippen LogP) is 14.4. The predicted molar refractivity (Wildman–Crippen MR) is 221 cm³/mol. The van der Waals surface area contributed by atoms with Gasteiger partial charge in [0.2, 0.25) is 0 Å². The summed E-state index contributed by atoms with van der Waals surface area (Å²) in [6.07, 6.45) is 0. The standard InChI is InChI=1S/C47H38N2S2/c1-47(2,41-33-50-45(43(41)35-21-9-3-10-22-35)48(37-25-13-5-14-26-37)38-27-15-6-16-28-38)42-34-51-46(44(42)36-23-11-4-12-24-36)49(39-29-17-7-18-30-39)40-31-19-8-20-32-40/h3-34H,1-2H3. The minimum absolute atomic E-state index is 0.363. The zero-order chi connectivity index (χ0) is 34.6. The van der Waals surface area contributed by atoms with E-state index in [1.807, 2.05) is 22.7 Å². The Bertz CT molecular complexity index is 2070. The average Bonchev–Trinajstić information content (AvgIpc) is 3.84. The summed E-state index contributed by atoms with van der Waals surface area (Å²) in [5, 5.41) is 7.20. The molecule has 0 saturated carbocycles. The summed E-state index contributed by atoms with van der Waals surface area (Å²) < 4.78 is 0. The van der Waals surface area contributed by atoms with Crippen molar-refractivity contribution in [2.75, 3.05) is 9.80 Å². The number of anilines is 6. The maximum absolute atomic E-state index is 2.41. The molecular formula is C47H38N2S2. The van der Waals surface area contributed by atoms with Crippen LogP contribution < -0.4 is 9.80 Å². The summed E-state index contributed by atoms with van der Waals surface area (Å²) in [6.45, 7) is 4.79. The molecule has 4 heteroatoms. The van der Waals surface area contributed by atoms with Crippen LogP contribution in [-0.2, 0) is 5.41 Å². The van der Waals surface area contributed by atoms with Gasteiger partial charge in [0, 0.05) is 39.3 Å². The maximum Gasteiger partial charge on any atom is 0.108 e. The van der Waals surface area contributed by atoms with Crippen LogP contribution in [0.4, 0.5) is 32.8 Å². The first-order chi connectivity index (χ1) is 25.1. The zero-order valence-electron chi connectivity index (χ0n) is 28.7. The third-order valence-electron chi connectivity index (χ3n) is 9.48. The van der Waals surface area contributed by atoms with Crippen molar-refractivity contribution in [3.8, 4) is 22.3 Å². The molecule has 6 aromatic carbocycles. The highest BCUT2D eigenvalue weighted by Gasteiger charge is 2.36. The molecule has 8 aromatic rings. The van der Waals surface area contributed by atoms with E-state index in [0.29, 0.717) is 0 Å². The summed E-state index contributed by atoms with van der Waals surface area (Å²) in [7, 11) is 0. The lowest BCUT2D eigenvalue weighted by molar-refractivity contribution is 0.650. The summed E-state index contributed by atoms with van der Waals surface area (Å²) in [5.74, 6) is 0. The molecule has 0 radical (unpaired) electrons. The zero-order valence-corrected chi connectivity index (χ0v) is 30.3. The average molecular weight is 695 g/mol. The Balaban J connectivity index is 1.37. The van der Waals surface area contributed by atoms with Crippen molar-refractivity contribution in [2.24, 2.45) is 0 Å². The van der Waals surface area contributed by atoms with Crippen molar-refractivity contribution in [1.29, 1.82) is 0 Å². The van der Waals surface area contributed by atoms with E-state index in [9.17, 15) is 0 Å². The van der Waals surface area contributed by atoms with E-state index in [1.165, 1.54) is 43.4 Å². The first-order valence-corrected chi connectivity index (χ1v) is 19.0. The molecule has 2 heterocycles. The Hall–Kier alpha value is -5.68. The Morgan fingerprint density at radius 1 is 0.353 bits per heavy atom. The van der Waals surface area contributed by atoms with E-state index in [-0.39, 0.29) is 5.41 Å². The second-order valence-corrected chi connectivity index (χ2v) is 14.7. The number of thiophene rings is 2. The fraction of sp³-hybridized carbons (Fsp3) is 0.0638. The number of rotatable bonds is 10. The quantitative estimate of drug-likeness (QED) is 0.141. The van der Waals surface area contributed by atoms with E-state index in [2.05, 4.69) is 216 Å². The van der Waals surface area contributed by atoms with Crippen molar-refractivity contribution in [3.63, 3.8) is 0 Å². The van der Waals surface area contributed by atoms with Crippen LogP contribution in [0.25, 0.3) is 22.3 Å². The van der Waals surface area contributed by atoms with Gasteiger partial charge in [-0.2, -0.15) is 0 Å². The van der Waals surface area contributed by atoms with Crippen molar-refractivity contribution in [1.82, 2.24) is 0 Å². The van der Waals surface area contributed by atoms with Gasteiger partial charge in [0.15, 0.2) is 0 Å². The summed E-state index contributed by atoms with van der Waals surface area (Å²) >= 11 is 3.64. The number of para-hydroxylation sites is 4. The highest BCUT2D eigenvalue weighted by atomic mass is 32.1. The molecule has 0 spiro atoms. The van der Waals surface area contributed by atoms with Crippen LogP contribution in [0.3, 0.4) is 0 Å². The van der Waals surface area contributed by atoms with Crippen LogP contribution in [0.5, 0.6) is 0 Å². The Kier molecular flexibility index (Phi) is 9.11. The third kappa shape index (κ3) is 6.29. The first-order valence-electron chi connectivity index (χ1n) is 17.3. The molecule has 248 valence electrons. The molecule has 0 fully saturated rings. The van der Waals surface area contributed by atoms with Gasteiger partial charge in [0.25, 0.3) is 0 Å². The van der Waals surface area contributed by atoms with E-state index < -0.39 is 0 Å². The molecule has 0 bridgehead atoms. The monoisotopic (exact) mass is 694 g/mol. The van der Waals surface area contributed by atoms with Gasteiger partial charge in [-0.1, -0.05) is 147 Å². The van der Waals surface area contributed by atoms with Crippen LogP contribution in [0.1, 0.15) is 25.0 Å². The topological polar surface area (TPSA) is 6.48 Å². The Morgan fingerprint density at radius 2 is 0.608 bits per heavy atom. The lowest BCUT2D eigenvalue weighted by atomic mass is 9.75. The van der Waals surface area contributed by atoms with Crippen molar-refractivity contribution in [3.05, 3.63) is 204 Å². The van der Waals surface area contributed by atoms with Gasteiger partial charge in [-0.25, -0.2) is 0 Å². The molecule has 0 unspecified atom stereocenters. The number of nitrogens with zero attached hydrogens (tertiary/aromatic N) is 2. The fourth-order valence-electron chi connectivity index (χ4n) is 6.93. The Labute approximate surface area is 309 Å². The van der Waals surface area contributed by atoms with Gasteiger partial charge < -0.3 is 9.80 Å². The van der Waals surface area contributed by atoms with Crippen LogP contribution in [0.15, 0.2) is 193 Å². The molecule has 0 aliphatic carbocycles. The van der Waals surface area contributed by atoms with Gasteiger partial charge in [-0.3, -0.25) is 0 Å². The third-order valence-corrected chi connectivity index (χ3v) is 11.4. The molecule has 8 rings (SSSR count). The molecule has 0 amide bonds. The van der Waals surface area contributed by atoms with Crippen molar-refractivity contribution < 1.29 is 0 Å². The van der Waals surface area contributed by atoms with Crippen LogP contribution >= 0.6 is 22.7 Å². The number of benzene rings is 6. The minimum atomic E-state index is -0.363. The fourth-order valence-corrected chi connectivity index (χ4v) is 9.54. The molecule has 51 heavy (non-hydrogen) atoms. The molecule has 0 aliphatic rings. The van der Waals surface area contributed by atoms with Crippen molar-refractivity contribution in [2.45, 2.75) is 19.3 Å². The normalized spacial score (nSPS) is 11.3. The second-order valence-electron chi connectivity index (χ2n) is 13.0. The lowest BCUT2D eigenvalue weighted by Gasteiger charge is -2.31. The van der Waals surface area contributed by atoms with Crippen LogP contribution in [0.2, 0.25) is 0 Å². The first kappa shape index (κ1) is 32.5. The molecule has 0 aliphatic heterocycles. The largest absolute Gasteiger partial charge is 0.301 e. The smallest absolute Gasteiger partial charge is 0.108 e. The second kappa shape index (κ2) is 14.3. The number of hydrogen-bond donors (Lipinski definition) is 0. The summed E-state index contributed by atoms with van der Waals surface area (Å²) in [5.41, 5.74) is 11.7. The van der Waals surface area contributed by atoms with E-state index in [0.717, 1.165) is 22.7 Å². The molecule has 2 nitrogen and oxygen atoms in total. The highest BCUT2D eigenvalue weighted by molar-refractivity contribution is 7.15. The van der Waals surface area contributed by atoms with E-state index >= 15 is 0 Å². The van der Waals surface area contributed by atoms with Gasteiger partial charge >= 0.3 is 0 Å². The minimum Gasteiger partial charge on any atom is -0.301 e. The maximum atomic E-state index is 2.41. The number of hydrogen-bond acceptors (Lipinski definition) is 4. The van der Waals surface area contributed by atoms with Gasteiger partial charge in [-0.05, 0) is 81.5 Å². The van der Waals surface area contributed by atoms with E-state index in [1.54, 1.807) is 0 Å². The molecule has 2 aromatic heterocycles. The molecular weight excluding hydrogens is 657 g/mol. The lowest BCUT2D eigenvalue weighted by Crippen LogP contribution is -2.20. The van der Waals surface area contributed by atoms with Gasteiger partial charge in [0.05, 0.1) is 0 Å². The van der Waals surface area contributed by atoms with Gasteiger partial charge in [0.1, 0.15) is 10.0 Å². The molecule has 0 atom stereocenters. The summed E-state index contributed by atoms with van der Waals surface area (Å²) in [6, 6.07) is 64.7. The van der Waals surface area contributed by atoms with Gasteiger partial charge in [-0.15, -0.1) is 22.7 Å². The molecule has 0 N–H and O–H groups in total. The highest BCUT2D eigenvalue weighted by Crippen LogP contribution is 2.55. The van der Waals surface area contributed by atoms with E-state index in [4.69, 9.17) is 0 Å². The van der Waals surface area contributed by atoms with Crippen molar-refractivity contribution >= 4 is 55.4 Å². The summed E-state index contributed by atoms with van der Waals surface area (Å²) in [4.78, 5) is 4.83. The SMILES string of the molecule is CC(C)(c1csc(N(c2ccccc2)c2ccccc2)c1-c1ccccc1)c1csc(N(c2ccccc2)c2ccccc2)c1-c1ccccc1. The van der Waals surface area contributed by atoms with Crippen LogP contribution in [0, 0.1) is 0 Å². The Morgan fingerprint density at radius 3 is 0.882 bits per heavy atom.